The molecule has 2 N–H and O–H groups in total. The van der Waals surface area contributed by atoms with Gasteiger partial charge in [0, 0.05) is 11.8 Å². The van der Waals surface area contributed by atoms with Gasteiger partial charge >= 0.3 is 5.97 Å². The van der Waals surface area contributed by atoms with E-state index in [-0.39, 0.29) is 11.4 Å². The van der Waals surface area contributed by atoms with Crippen molar-refractivity contribution < 1.29 is 14.3 Å². The monoisotopic (exact) mass is 251 g/mol. The largest absolute Gasteiger partial charge is 0.496 e. The Labute approximate surface area is 108 Å². The van der Waals surface area contributed by atoms with Gasteiger partial charge in [0.15, 0.2) is 0 Å². The third-order valence-corrected chi connectivity index (χ3v) is 2.53. The molecule has 0 heterocycles. The molecule has 0 unspecified atom stereocenters. The predicted molar refractivity (Wildman–Crippen MR) is 71.8 cm³/mol. The first-order valence-corrected chi connectivity index (χ1v) is 5.94. The van der Waals surface area contributed by atoms with Crippen LogP contribution in [0.25, 0.3) is 0 Å². The molecule has 0 atom stereocenters. The van der Waals surface area contributed by atoms with Gasteiger partial charge in [-0.3, -0.25) is 0 Å². The number of esters is 1. The summed E-state index contributed by atoms with van der Waals surface area (Å²) in [4.78, 5) is 11.9. The molecule has 0 saturated heterocycles. The van der Waals surface area contributed by atoms with Crippen LogP contribution in [0.4, 0.5) is 5.69 Å². The van der Waals surface area contributed by atoms with E-state index in [4.69, 9.17) is 15.2 Å². The van der Waals surface area contributed by atoms with Crippen LogP contribution in [0.2, 0.25) is 0 Å². The Morgan fingerprint density at radius 2 is 2.00 bits per heavy atom. The van der Waals surface area contributed by atoms with Gasteiger partial charge in [0.1, 0.15) is 11.3 Å². The minimum absolute atomic E-state index is 0.144. The number of nitrogens with two attached hydrogens (primary N) is 1. The number of hydrogen-bond donors (Lipinski definition) is 1. The van der Waals surface area contributed by atoms with Crippen molar-refractivity contribution in [2.24, 2.45) is 5.41 Å². The van der Waals surface area contributed by atoms with E-state index in [0.29, 0.717) is 23.6 Å². The number of rotatable bonds is 4. The number of benzene rings is 1. The van der Waals surface area contributed by atoms with Crippen molar-refractivity contribution >= 4 is 11.7 Å². The third kappa shape index (κ3) is 4.28. The summed E-state index contributed by atoms with van der Waals surface area (Å²) in [7, 11) is 1.50. The summed E-state index contributed by atoms with van der Waals surface area (Å²) in [6.07, 6.45) is 0.816. The predicted octanol–water partition coefficient (Wildman–Crippen LogP) is 2.87. The summed E-state index contributed by atoms with van der Waals surface area (Å²) in [5, 5.41) is 0. The highest BCUT2D eigenvalue weighted by Gasteiger charge is 2.16. The van der Waals surface area contributed by atoms with Gasteiger partial charge in [0.05, 0.1) is 13.7 Å². The van der Waals surface area contributed by atoms with E-state index in [2.05, 4.69) is 20.8 Å². The van der Waals surface area contributed by atoms with E-state index < -0.39 is 0 Å². The molecule has 100 valence electrons. The zero-order chi connectivity index (χ0) is 13.8. The molecule has 0 saturated carbocycles. The van der Waals surface area contributed by atoms with E-state index >= 15 is 0 Å². The Kier molecular flexibility index (Phi) is 4.59. The summed E-state index contributed by atoms with van der Waals surface area (Å²) in [6.45, 7) is 6.70. The normalized spacial score (nSPS) is 11.1. The minimum atomic E-state index is -0.379. The summed E-state index contributed by atoms with van der Waals surface area (Å²) in [6, 6.07) is 4.89. The molecule has 4 nitrogen and oxygen atoms in total. The lowest BCUT2D eigenvalue weighted by molar-refractivity contribution is 0.0461. The molecule has 0 spiro atoms. The van der Waals surface area contributed by atoms with Gasteiger partial charge in [0.2, 0.25) is 0 Å². The maximum atomic E-state index is 11.9. The van der Waals surface area contributed by atoms with Crippen molar-refractivity contribution in [1.82, 2.24) is 0 Å². The van der Waals surface area contributed by atoms with Crippen LogP contribution in [0.1, 0.15) is 37.6 Å². The molecule has 1 aromatic rings. The third-order valence-electron chi connectivity index (χ3n) is 2.53. The Balaban J connectivity index is 2.67. The van der Waals surface area contributed by atoms with Gasteiger partial charge in [-0.25, -0.2) is 4.79 Å². The van der Waals surface area contributed by atoms with Crippen LogP contribution in [0.15, 0.2) is 18.2 Å². The first-order chi connectivity index (χ1) is 8.33. The highest BCUT2D eigenvalue weighted by molar-refractivity contribution is 5.93. The standard InChI is InChI=1S/C14H21NO3/c1-14(2,3)7-8-18-13(16)11-6-5-10(15)9-12(11)17-4/h5-6,9H,7-8,15H2,1-4H3. The number of methoxy groups -OCH3 is 1. The van der Waals surface area contributed by atoms with Crippen molar-refractivity contribution in [3.63, 3.8) is 0 Å². The lowest BCUT2D eigenvalue weighted by Crippen LogP contribution is -2.14. The molecular formula is C14H21NO3. The second kappa shape index (κ2) is 5.76. The molecule has 0 bridgehead atoms. The minimum Gasteiger partial charge on any atom is -0.496 e. The van der Waals surface area contributed by atoms with Crippen molar-refractivity contribution in [2.75, 3.05) is 19.5 Å². The van der Waals surface area contributed by atoms with Crippen LogP contribution in [-0.4, -0.2) is 19.7 Å². The second-order valence-corrected chi connectivity index (χ2v) is 5.41. The fraction of sp³-hybridized carbons (Fsp3) is 0.500. The van der Waals surface area contributed by atoms with Crippen molar-refractivity contribution in [2.45, 2.75) is 27.2 Å². The smallest absolute Gasteiger partial charge is 0.341 e. The van der Waals surface area contributed by atoms with E-state index in [1.54, 1.807) is 18.2 Å². The quantitative estimate of drug-likeness (QED) is 0.660. The Morgan fingerprint density at radius 1 is 1.33 bits per heavy atom. The number of nitrogen functional groups attached to an aromatic ring is 1. The molecule has 18 heavy (non-hydrogen) atoms. The average molecular weight is 251 g/mol. The van der Waals surface area contributed by atoms with Crippen molar-refractivity contribution in [3.8, 4) is 5.75 Å². The highest BCUT2D eigenvalue weighted by Crippen LogP contribution is 2.23. The molecule has 1 aromatic carbocycles. The Hall–Kier alpha value is -1.71. The van der Waals surface area contributed by atoms with Gasteiger partial charge in [-0.15, -0.1) is 0 Å². The van der Waals surface area contributed by atoms with Gasteiger partial charge in [-0.1, -0.05) is 20.8 Å². The van der Waals surface area contributed by atoms with E-state index in [9.17, 15) is 4.79 Å². The summed E-state index contributed by atoms with van der Waals surface area (Å²) in [5.41, 5.74) is 6.73. The molecule has 0 aliphatic heterocycles. The summed E-state index contributed by atoms with van der Waals surface area (Å²) >= 11 is 0. The van der Waals surface area contributed by atoms with Crippen LogP contribution >= 0.6 is 0 Å². The van der Waals surface area contributed by atoms with Crippen LogP contribution < -0.4 is 10.5 Å². The van der Waals surface area contributed by atoms with Crippen LogP contribution in [-0.2, 0) is 4.74 Å². The number of anilines is 1. The van der Waals surface area contributed by atoms with Crippen molar-refractivity contribution in [1.29, 1.82) is 0 Å². The summed E-state index contributed by atoms with van der Waals surface area (Å²) < 4.78 is 10.3. The molecule has 0 aliphatic rings. The van der Waals surface area contributed by atoms with Crippen molar-refractivity contribution in [3.05, 3.63) is 23.8 Å². The van der Waals surface area contributed by atoms with Gasteiger partial charge < -0.3 is 15.2 Å². The fourth-order valence-corrected chi connectivity index (χ4v) is 1.40. The molecule has 0 fully saturated rings. The molecule has 0 aromatic heterocycles. The lowest BCUT2D eigenvalue weighted by atomic mass is 9.93. The number of ether oxygens (including phenoxy) is 2. The first-order valence-electron chi connectivity index (χ1n) is 5.94. The zero-order valence-corrected chi connectivity index (χ0v) is 11.4. The summed E-state index contributed by atoms with van der Waals surface area (Å²) in [5.74, 6) is 0.0619. The van der Waals surface area contributed by atoms with Crippen LogP contribution in [0.3, 0.4) is 0 Å². The van der Waals surface area contributed by atoms with E-state index in [1.807, 2.05) is 0 Å². The average Bonchev–Trinajstić information content (AvgIpc) is 2.26. The topological polar surface area (TPSA) is 61.5 Å². The Bertz CT molecular complexity index is 422. The van der Waals surface area contributed by atoms with Gasteiger partial charge in [-0.2, -0.15) is 0 Å². The lowest BCUT2D eigenvalue weighted by Gasteiger charge is -2.17. The molecule has 0 radical (unpaired) electrons. The molecule has 0 aliphatic carbocycles. The van der Waals surface area contributed by atoms with Gasteiger partial charge in [0.25, 0.3) is 0 Å². The van der Waals surface area contributed by atoms with Crippen LogP contribution in [0, 0.1) is 5.41 Å². The number of hydrogen-bond acceptors (Lipinski definition) is 4. The number of carbonyl (C=O) groups is 1. The van der Waals surface area contributed by atoms with E-state index in [0.717, 1.165) is 6.42 Å². The Morgan fingerprint density at radius 3 is 2.56 bits per heavy atom. The maximum Gasteiger partial charge on any atom is 0.341 e. The first kappa shape index (κ1) is 14.4. The maximum absolute atomic E-state index is 11.9. The molecule has 0 amide bonds. The van der Waals surface area contributed by atoms with Gasteiger partial charge in [-0.05, 0) is 24.0 Å². The molecule has 4 heteroatoms. The fourth-order valence-electron chi connectivity index (χ4n) is 1.40. The van der Waals surface area contributed by atoms with E-state index in [1.165, 1.54) is 7.11 Å². The van der Waals surface area contributed by atoms with Crippen LogP contribution in [0.5, 0.6) is 5.75 Å². The zero-order valence-electron chi connectivity index (χ0n) is 11.4. The number of carbonyl (C=O) groups excluding carboxylic acids is 1. The second-order valence-electron chi connectivity index (χ2n) is 5.41. The molecular weight excluding hydrogens is 230 g/mol. The molecule has 1 rings (SSSR count). The SMILES string of the molecule is COc1cc(N)ccc1C(=O)OCCC(C)(C)C. The highest BCUT2D eigenvalue weighted by atomic mass is 16.5.